The van der Waals surface area contributed by atoms with Crippen molar-refractivity contribution in [3.05, 3.63) is 34.9 Å². The number of piperidine rings is 1. The van der Waals surface area contributed by atoms with E-state index in [0.29, 0.717) is 6.04 Å². The van der Waals surface area contributed by atoms with Crippen molar-refractivity contribution in [1.82, 2.24) is 15.5 Å². The van der Waals surface area contributed by atoms with Crippen LogP contribution in [0.25, 0.3) is 0 Å². The third-order valence-electron chi connectivity index (χ3n) is 5.93. The summed E-state index contributed by atoms with van der Waals surface area (Å²) in [6, 6.07) is 8.78. The monoisotopic (exact) mass is 406 g/mol. The molecule has 28 heavy (non-hydrogen) atoms. The normalized spacial score (nSPS) is 20.2. The summed E-state index contributed by atoms with van der Waals surface area (Å²) in [6.45, 7) is 8.10. The van der Waals surface area contributed by atoms with Crippen molar-refractivity contribution in [2.75, 3.05) is 46.4 Å². The van der Waals surface area contributed by atoms with Crippen LogP contribution in [0, 0.1) is 0 Å². The van der Waals surface area contributed by atoms with Gasteiger partial charge in [-0.25, -0.2) is 0 Å². The molecular formula is C22H35ClN4O. The molecule has 0 unspecified atom stereocenters. The first-order valence-electron chi connectivity index (χ1n) is 10.7. The van der Waals surface area contributed by atoms with E-state index in [4.69, 9.17) is 21.3 Å². The first-order valence-corrected chi connectivity index (χ1v) is 11.1. The number of aliphatic imine (C=N–C) groups is 1. The summed E-state index contributed by atoms with van der Waals surface area (Å²) in [5, 5.41) is 7.91. The average molecular weight is 407 g/mol. The fraction of sp³-hybridized carbons (Fsp3) is 0.682. The lowest BCUT2D eigenvalue weighted by molar-refractivity contribution is 0.155. The number of guanidine groups is 1. The Morgan fingerprint density at radius 3 is 2.75 bits per heavy atom. The highest BCUT2D eigenvalue weighted by Gasteiger charge is 2.44. The maximum Gasteiger partial charge on any atom is 0.191 e. The highest BCUT2D eigenvalue weighted by atomic mass is 35.5. The van der Waals surface area contributed by atoms with Gasteiger partial charge >= 0.3 is 0 Å². The van der Waals surface area contributed by atoms with Crippen LogP contribution in [0.1, 0.15) is 44.6 Å². The molecule has 1 saturated heterocycles. The topological polar surface area (TPSA) is 48.9 Å². The summed E-state index contributed by atoms with van der Waals surface area (Å²) in [6.07, 6.45) is 5.82. The summed E-state index contributed by atoms with van der Waals surface area (Å²) in [4.78, 5) is 7.49. The quantitative estimate of drug-likeness (QED) is 0.374. The average Bonchev–Trinajstić information content (AvgIpc) is 3.49. The molecule has 3 rings (SSSR count). The number of ether oxygens (including phenoxy) is 1. The Morgan fingerprint density at radius 1 is 1.32 bits per heavy atom. The molecule has 6 heteroatoms. The maximum absolute atomic E-state index is 6.20. The molecule has 1 aromatic carbocycles. The van der Waals surface area contributed by atoms with E-state index in [-0.39, 0.29) is 5.41 Å². The number of nitrogens with zero attached hydrogens (tertiary/aromatic N) is 2. The molecular weight excluding hydrogens is 372 g/mol. The largest absolute Gasteiger partial charge is 0.385 e. The van der Waals surface area contributed by atoms with E-state index in [0.717, 1.165) is 69.6 Å². The number of methoxy groups -OCH3 is 1. The van der Waals surface area contributed by atoms with Gasteiger partial charge in [-0.2, -0.15) is 0 Å². The van der Waals surface area contributed by atoms with Gasteiger partial charge in [0.15, 0.2) is 5.96 Å². The maximum atomic E-state index is 6.20. The minimum Gasteiger partial charge on any atom is -0.385 e. The van der Waals surface area contributed by atoms with E-state index in [1.165, 1.54) is 18.4 Å². The summed E-state index contributed by atoms with van der Waals surface area (Å²) >= 11 is 6.20. The van der Waals surface area contributed by atoms with Crippen LogP contribution in [0.5, 0.6) is 0 Å². The van der Waals surface area contributed by atoms with Gasteiger partial charge in [0.05, 0.1) is 6.54 Å². The van der Waals surface area contributed by atoms with Crippen LogP contribution in [-0.2, 0) is 10.2 Å². The molecule has 2 fully saturated rings. The highest BCUT2D eigenvalue weighted by Crippen LogP contribution is 2.48. The summed E-state index contributed by atoms with van der Waals surface area (Å²) in [7, 11) is 1.77. The molecule has 1 heterocycles. The Bertz CT molecular complexity index is 639. The van der Waals surface area contributed by atoms with Gasteiger partial charge < -0.3 is 20.3 Å². The number of benzene rings is 1. The molecule has 2 aliphatic rings. The van der Waals surface area contributed by atoms with E-state index in [2.05, 4.69) is 34.6 Å². The molecule has 0 atom stereocenters. The van der Waals surface area contributed by atoms with Crippen molar-refractivity contribution in [2.24, 2.45) is 4.99 Å². The zero-order chi connectivity index (χ0) is 19.8. The molecule has 0 bridgehead atoms. The molecule has 1 aliphatic heterocycles. The van der Waals surface area contributed by atoms with Gasteiger partial charge in [0.1, 0.15) is 0 Å². The summed E-state index contributed by atoms with van der Waals surface area (Å²) in [5.74, 6) is 0.952. The molecule has 5 nitrogen and oxygen atoms in total. The van der Waals surface area contributed by atoms with Crippen LogP contribution < -0.4 is 10.6 Å². The Kier molecular flexibility index (Phi) is 8.00. The second-order valence-corrected chi connectivity index (χ2v) is 8.53. The molecule has 0 aromatic heterocycles. The fourth-order valence-corrected chi connectivity index (χ4v) is 4.17. The molecule has 2 N–H and O–H groups in total. The Labute approximate surface area is 174 Å². The van der Waals surface area contributed by atoms with E-state index < -0.39 is 0 Å². The molecule has 0 amide bonds. The number of halogens is 1. The van der Waals surface area contributed by atoms with Crippen LogP contribution in [0.3, 0.4) is 0 Å². The zero-order valence-corrected chi connectivity index (χ0v) is 18.1. The molecule has 1 saturated carbocycles. The van der Waals surface area contributed by atoms with Gasteiger partial charge in [-0.05, 0) is 56.7 Å². The number of likely N-dealkylation sites (tertiary alicyclic amines) is 1. The Morgan fingerprint density at radius 2 is 2.11 bits per heavy atom. The summed E-state index contributed by atoms with van der Waals surface area (Å²) < 4.78 is 5.16. The van der Waals surface area contributed by atoms with Gasteiger partial charge in [0.2, 0.25) is 0 Å². The standard InChI is InChI=1S/C22H35ClN4O/c1-3-24-21(26-20-8-13-27(14-9-20)12-5-15-28-2)25-17-22(10-11-22)18-6-4-7-19(23)16-18/h4,6-7,16,20H,3,5,8-15,17H2,1-2H3,(H2,24,25,26). The smallest absolute Gasteiger partial charge is 0.191 e. The minimum atomic E-state index is 0.179. The van der Waals surface area contributed by atoms with E-state index in [1.807, 2.05) is 12.1 Å². The van der Waals surface area contributed by atoms with Crippen molar-refractivity contribution in [3.63, 3.8) is 0 Å². The Hall–Kier alpha value is -1.30. The summed E-state index contributed by atoms with van der Waals surface area (Å²) in [5.41, 5.74) is 1.50. The molecule has 0 radical (unpaired) electrons. The van der Waals surface area contributed by atoms with Gasteiger partial charge in [-0.1, -0.05) is 23.7 Å². The van der Waals surface area contributed by atoms with Crippen molar-refractivity contribution >= 4 is 17.6 Å². The predicted molar refractivity (Wildman–Crippen MR) is 117 cm³/mol. The van der Waals surface area contributed by atoms with Crippen LogP contribution >= 0.6 is 11.6 Å². The molecule has 1 aromatic rings. The second-order valence-electron chi connectivity index (χ2n) is 8.09. The van der Waals surface area contributed by atoms with Crippen molar-refractivity contribution < 1.29 is 4.74 Å². The lowest BCUT2D eigenvalue weighted by atomic mass is 9.96. The van der Waals surface area contributed by atoms with E-state index >= 15 is 0 Å². The number of hydrogen-bond donors (Lipinski definition) is 2. The minimum absolute atomic E-state index is 0.179. The van der Waals surface area contributed by atoms with Crippen molar-refractivity contribution in [3.8, 4) is 0 Å². The highest BCUT2D eigenvalue weighted by molar-refractivity contribution is 6.30. The van der Waals surface area contributed by atoms with Crippen molar-refractivity contribution in [2.45, 2.75) is 50.5 Å². The van der Waals surface area contributed by atoms with Gasteiger partial charge in [-0.15, -0.1) is 0 Å². The van der Waals surface area contributed by atoms with E-state index in [9.17, 15) is 0 Å². The number of rotatable bonds is 9. The predicted octanol–water partition coefficient (Wildman–Crippen LogP) is 3.43. The van der Waals surface area contributed by atoms with E-state index in [1.54, 1.807) is 7.11 Å². The zero-order valence-electron chi connectivity index (χ0n) is 17.3. The van der Waals surface area contributed by atoms with Crippen LogP contribution in [-0.4, -0.2) is 63.3 Å². The van der Waals surface area contributed by atoms with Gasteiger partial charge in [-0.3, -0.25) is 4.99 Å². The molecule has 1 aliphatic carbocycles. The SMILES string of the molecule is CCNC(=NCC1(c2cccc(Cl)c2)CC1)NC1CCN(CCCOC)CC1. The van der Waals surface area contributed by atoms with Crippen LogP contribution in [0.2, 0.25) is 5.02 Å². The van der Waals surface area contributed by atoms with Crippen LogP contribution in [0.4, 0.5) is 0 Å². The van der Waals surface area contributed by atoms with Crippen molar-refractivity contribution in [1.29, 1.82) is 0 Å². The lowest BCUT2D eigenvalue weighted by Gasteiger charge is -2.33. The van der Waals surface area contributed by atoms with Crippen LogP contribution in [0.15, 0.2) is 29.3 Å². The second kappa shape index (κ2) is 10.5. The molecule has 0 spiro atoms. The lowest BCUT2D eigenvalue weighted by Crippen LogP contribution is -2.49. The van der Waals surface area contributed by atoms with Gasteiger partial charge in [0.25, 0.3) is 0 Å². The third kappa shape index (κ3) is 6.10. The molecule has 156 valence electrons. The number of nitrogens with one attached hydrogen (secondary N) is 2. The first-order chi connectivity index (χ1) is 13.6. The Balaban J connectivity index is 1.51. The fourth-order valence-electron chi connectivity index (χ4n) is 3.98. The third-order valence-corrected chi connectivity index (χ3v) is 6.16. The van der Waals surface area contributed by atoms with Gasteiger partial charge in [0, 0.05) is 56.4 Å². The number of hydrogen-bond acceptors (Lipinski definition) is 3. The first kappa shape index (κ1) is 21.4.